The molecule has 5 nitrogen and oxygen atoms in total. The summed E-state index contributed by atoms with van der Waals surface area (Å²) in [6, 6.07) is 8.03. The zero-order chi connectivity index (χ0) is 15.5. The van der Waals surface area contributed by atoms with E-state index in [1.54, 1.807) is 0 Å². The lowest BCUT2D eigenvalue weighted by Crippen LogP contribution is -2.54. The third-order valence-electron chi connectivity index (χ3n) is 4.64. The smallest absolute Gasteiger partial charge is 0.241 e. The molecule has 0 spiro atoms. The molecule has 0 bridgehead atoms. The van der Waals surface area contributed by atoms with Crippen molar-refractivity contribution in [3.05, 3.63) is 29.8 Å². The molecule has 120 valence electrons. The van der Waals surface area contributed by atoms with Crippen LogP contribution >= 0.6 is 0 Å². The van der Waals surface area contributed by atoms with E-state index < -0.39 is 0 Å². The van der Waals surface area contributed by atoms with Crippen molar-refractivity contribution >= 4 is 11.6 Å². The lowest BCUT2D eigenvalue weighted by Gasteiger charge is -2.38. The number of para-hydroxylation sites is 1. The number of benzene rings is 1. The number of nitrogens with one attached hydrogen (secondary N) is 1. The Labute approximate surface area is 131 Å². The molecule has 1 amide bonds. The molecule has 3 rings (SSSR count). The summed E-state index contributed by atoms with van der Waals surface area (Å²) in [6.07, 6.45) is 1.52. The summed E-state index contributed by atoms with van der Waals surface area (Å²) in [6.45, 7) is 6.16. The van der Waals surface area contributed by atoms with Crippen molar-refractivity contribution in [3.8, 4) is 0 Å². The highest BCUT2D eigenvalue weighted by atomic mass is 16.3. The van der Waals surface area contributed by atoms with Gasteiger partial charge in [-0.3, -0.25) is 14.6 Å². The number of β-amino-alcohol motifs (C(OH)–C–C–N with tert-alkyl or cyclic N) is 1. The molecule has 0 radical (unpaired) electrons. The van der Waals surface area contributed by atoms with Crippen molar-refractivity contribution in [1.82, 2.24) is 9.80 Å². The largest absolute Gasteiger partial charge is 0.392 e. The molecule has 22 heavy (non-hydrogen) atoms. The molecule has 0 saturated carbocycles. The highest BCUT2D eigenvalue weighted by molar-refractivity contribution is 5.96. The quantitative estimate of drug-likeness (QED) is 0.872. The van der Waals surface area contributed by atoms with Crippen LogP contribution in [-0.4, -0.2) is 65.7 Å². The third kappa shape index (κ3) is 3.48. The summed E-state index contributed by atoms with van der Waals surface area (Å²) in [4.78, 5) is 17.1. The molecule has 1 saturated heterocycles. The molecule has 2 aliphatic rings. The Morgan fingerprint density at radius 1 is 1.27 bits per heavy atom. The van der Waals surface area contributed by atoms with E-state index in [9.17, 15) is 9.90 Å². The van der Waals surface area contributed by atoms with Crippen LogP contribution in [0.25, 0.3) is 0 Å². The molecule has 0 unspecified atom stereocenters. The van der Waals surface area contributed by atoms with Gasteiger partial charge < -0.3 is 10.4 Å². The normalized spacial score (nSPS) is 25.2. The monoisotopic (exact) mass is 303 g/mol. The Morgan fingerprint density at radius 3 is 2.73 bits per heavy atom. The molecule has 5 heteroatoms. The number of aliphatic hydroxyl groups excluding tert-OH is 1. The second kappa shape index (κ2) is 6.77. The standard InChI is InChI=1S/C17H25N3O2/c1-13(21)12-19-8-10-20(11-9-19)16-7-6-14-4-2-3-5-15(14)18-17(16)22/h2-5,13,16,21H,6-12H2,1H3,(H,18,22)/t13-,16+/m1/s1. The average molecular weight is 303 g/mol. The van der Waals surface area contributed by atoms with Gasteiger partial charge in [0.1, 0.15) is 0 Å². The van der Waals surface area contributed by atoms with Crippen LogP contribution in [0.5, 0.6) is 0 Å². The number of nitrogens with zero attached hydrogens (tertiary/aromatic N) is 2. The molecule has 1 aromatic carbocycles. The number of carbonyl (C=O) groups is 1. The minimum atomic E-state index is -0.290. The topological polar surface area (TPSA) is 55.8 Å². The molecule has 1 aromatic rings. The summed E-state index contributed by atoms with van der Waals surface area (Å²) in [5.41, 5.74) is 2.19. The molecule has 2 aliphatic heterocycles. The van der Waals surface area contributed by atoms with Crippen LogP contribution in [0.15, 0.2) is 24.3 Å². The van der Waals surface area contributed by atoms with Crippen LogP contribution in [0.1, 0.15) is 18.9 Å². The zero-order valence-corrected chi connectivity index (χ0v) is 13.2. The molecular weight excluding hydrogens is 278 g/mol. The maximum atomic E-state index is 12.5. The lowest BCUT2D eigenvalue weighted by molar-refractivity contribution is -0.122. The number of aryl methyl sites for hydroxylation is 1. The number of carbonyl (C=O) groups excluding carboxylic acids is 1. The van der Waals surface area contributed by atoms with Crippen LogP contribution in [0.2, 0.25) is 0 Å². The van der Waals surface area contributed by atoms with Gasteiger partial charge in [-0.25, -0.2) is 0 Å². The number of aliphatic hydroxyl groups is 1. The average Bonchev–Trinajstić information content (AvgIpc) is 2.66. The summed E-state index contributed by atoms with van der Waals surface area (Å²) >= 11 is 0. The van der Waals surface area contributed by atoms with Gasteiger partial charge in [0.15, 0.2) is 0 Å². The highest BCUT2D eigenvalue weighted by Gasteiger charge is 2.31. The first kappa shape index (κ1) is 15.5. The maximum absolute atomic E-state index is 12.5. The van der Waals surface area contributed by atoms with Crippen molar-refractivity contribution in [2.75, 3.05) is 38.0 Å². The zero-order valence-electron chi connectivity index (χ0n) is 13.2. The Balaban J connectivity index is 1.61. The number of hydrogen-bond acceptors (Lipinski definition) is 4. The first-order valence-corrected chi connectivity index (χ1v) is 8.17. The highest BCUT2D eigenvalue weighted by Crippen LogP contribution is 2.24. The van der Waals surface area contributed by atoms with Gasteiger partial charge in [-0.05, 0) is 31.4 Å². The van der Waals surface area contributed by atoms with E-state index in [1.807, 2.05) is 25.1 Å². The second-order valence-electron chi connectivity index (χ2n) is 6.39. The van der Waals surface area contributed by atoms with Crippen molar-refractivity contribution in [2.45, 2.75) is 31.9 Å². The van der Waals surface area contributed by atoms with E-state index in [-0.39, 0.29) is 18.1 Å². The number of anilines is 1. The van der Waals surface area contributed by atoms with Gasteiger partial charge in [-0.15, -0.1) is 0 Å². The molecule has 0 aliphatic carbocycles. The Kier molecular flexibility index (Phi) is 4.76. The minimum absolute atomic E-state index is 0.0406. The predicted octanol–water partition coefficient (Wildman–Crippen LogP) is 0.938. The SMILES string of the molecule is C[C@@H](O)CN1CCN([C@H]2CCc3ccccc3NC2=O)CC1. The Morgan fingerprint density at radius 2 is 2.00 bits per heavy atom. The van der Waals surface area contributed by atoms with E-state index in [4.69, 9.17) is 0 Å². The summed E-state index contributed by atoms with van der Waals surface area (Å²) in [5, 5.41) is 12.6. The van der Waals surface area contributed by atoms with Gasteiger partial charge in [0.25, 0.3) is 0 Å². The fraction of sp³-hybridized carbons (Fsp3) is 0.588. The lowest BCUT2D eigenvalue weighted by atomic mass is 10.0. The number of rotatable bonds is 3. The van der Waals surface area contributed by atoms with Gasteiger partial charge in [0.2, 0.25) is 5.91 Å². The van der Waals surface area contributed by atoms with Crippen LogP contribution in [0.3, 0.4) is 0 Å². The molecule has 2 atom stereocenters. The summed E-state index contributed by atoms with van der Waals surface area (Å²) in [5.74, 6) is 0.119. The van der Waals surface area contributed by atoms with E-state index in [0.29, 0.717) is 0 Å². The molecule has 2 heterocycles. The Hall–Kier alpha value is -1.43. The van der Waals surface area contributed by atoms with Crippen LogP contribution in [-0.2, 0) is 11.2 Å². The predicted molar refractivity (Wildman–Crippen MR) is 86.9 cm³/mol. The van der Waals surface area contributed by atoms with Gasteiger partial charge >= 0.3 is 0 Å². The molecule has 1 fully saturated rings. The second-order valence-corrected chi connectivity index (χ2v) is 6.39. The van der Waals surface area contributed by atoms with Gasteiger partial charge in [0, 0.05) is 38.4 Å². The number of amides is 1. The maximum Gasteiger partial charge on any atom is 0.241 e. The van der Waals surface area contributed by atoms with Crippen molar-refractivity contribution < 1.29 is 9.90 Å². The van der Waals surface area contributed by atoms with E-state index in [1.165, 1.54) is 5.56 Å². The van der Waals surface area contributed by atoms with Gasteiger partial charge in [0.05, 0.1) is 12.1 Å². The number of fused-ring (bicyclic) bond motifs is 1. The molecule has 0 aromatic heterocycles. The fourth-order valence-electron chi connectivity index (χ4n) is 3.48. The van der Waals surface area contributed by atoms with Crippen LogP contribution in [0, 0.1) is 0 Å². The minimum Gasteiger partial charge on any atom is -0.392 e. The van der Waals surface area contributed by atoms with Crippen LogP contribution in [0.4, 0.5) is 5.69 Å². The number of piperazine rings is 1. The Bertz CT molecular complexity index is 524. The first-order valence-electron chi connectivity index (χ1n) is 8.17. The van der Waals surface area contributed by atoms with Crippen molar-refractivity contribution in [3.63, 3.8) is 0 Å². The third-order valence-corrected chi connectivity index (χ3v) is 4.64. The van der Waals surface area contributed by atoms with Crippen LogP contribution < -0.4 is 5.32 Å². The van der Waals surface area contributed by atoms with E-state index in [2.05, 4.69) is 21.2 Å². The van der Waals surface area contributed by atoms with E-state index in [0.717, 1.165) is 51.3 Å². The molecular formula is C17H25N3O2. The summed E-state index contributed by atoms with van der Waals surface area (Å²) in [7, 11) is 0. The summed E-state index contributed by atoms with van der Waals surface area (Å²) < 4.78 is 0. The van der Waals surface area contributed by atoms with Gasteiger partial charge in [-0.2, -0.15) is 0 Å². The number of hydrogen-bond donors (Lipinski definition) is 2. The van der Waals surface area contributed by atoms with Crippen molar-refractivity contribution in [1.29, 1.82) is 0 Å². The van der Waals surface area contributed by atoms with Crippen molar-refractivity contribution in [2.24, 2.45) is 0 Å². The van der Waals surface area contributed by atoms with Gasteiger partial charge in [-0.1, -0.05) is 18.2 Å². The molecule has 2 N–H and O–H groups in total. The first-order chi connectivity index (χ1) is 10.6. The van der Waals surface area contributed by atoms with E-state index >= 15 is 0 Å². The fourth-order valence-corrected chi connectivity index (χ4v) is 3.48.